The van der Waals surface area contributed by atoms with Crippen LogP contribution in [0.1, 0.15) is 27.9 Å². The normalized spacial score (nSPS) is 13.2. The Kier molecular flexibility index (Phi) is 8.18. The highest BCUT2D eigenvalue weighted by atomic mass is 19.4. The summed E-state index contributed by atoms with van der Waals surface area (Å²) in [5.74, 6) is -1.18. The predicted molar refractivity (Wildman–Crippen MR) is 137 cm³/mol. The van der Waals surface area contributed by atoms with Crippen LogP contribution in [-0.4, -0.2) is 15.9 Å². The first-order valence-electron chi connectivity index (χ1n) is 12.0. The topological polar surface area (TPSA) is 97.2 Å². The van der Waals surface area contributed by atoms with Gasteiger partial charge in [-0.1, -0.05) is 42.5 Å². The number of pyridine rings is 1. The number of amides is 2. The highest BCUT2D eigenvalue weighted by Crippen LogP contribution is 2.38. The summed E-state index contributed by atoms with van der Waals surface area (Å²) < 4.78 is 95.0. The first-order valence-corrected chi connectivity index (χ1v) is 12.0. The number of benzene rings is 3. The molecule has 0 radical (unpaired) electrons. The van der Waals surface area contributed by atoms with Gasteiger partial charge in [0.25, 0.3) is 0 Å². The van der Waals surface area contributed by atoms with Crippen LogP contribution in [0.2, 0.25) is 0 Å². The van der Waals surface area contributed by atoms with Gasteiger partial charge in [-0.25, -0.2) is 4.79 Å². The molecule has 1 atom stereocenters. The Labute approximate surface area is 233 Å². The third kappa shape index (κ3) is 6.65. The molecule has 4 aromatic rings. The van der Waals surface area contributed by atoms with Crippen molar-refractivity contribution in [2.75, 3.05) is 5.32 Å². The SMILES string of the molecule is O=C(Nc1ccc(F)c([N+](=O)[O-])c1)NC(Cc1ccccc1)(c1cccc(C(F)(F)F)c1)c1ccc(C(F)(F)F)cn1. The van der Waals surface area contributed by atoms with Gasteiger partial charge in [-0.15, -0.1) is 0 Å². The standard InChI is InChI=1S/C28H19F7N4O3/c29-22-11-10-21(14-23(22)39(41)42)37-25(40)38-26(15-17-5-2-1-3-6-17,18-7-4-8-19(13-18)27(30,31)32)24-12-9-20(16-36-24)28(33,34)35/h1-14,16H,15H2,(H2,37,38,40). The fourth-order valence-corrected chi connectivity index (χ4v) is 4.28. The quantitative estimate of drug-likeness (QED) is 0.132. The van der Waals surface area contributed by atoms with Gasteiger partial charge in [0, 0.05) is 24.4 Å². The molecule has 3 aromatic carbocycles. The van der Waals surface area contributed by atoms with Crippen molar-refractivity contribution in [3.63, 3.8) is 0 Å². The molecule has 218 valence electrons. The van der Waals surface area contributed by atoms with E-state index in [2.05, 4.69) is 15.6 Å². The van der Waals surface area contributed by atoms with Crippen LogP contribution in [0.4, 0.5) is 46.9 Å². The van der Waals surface area contributed by atoms with E-state index in [4.69, 9.17) is 0 Å². The number of carbonyl (C=O) groups is 1. The number of hydrogen-bond donors (Lipinski definition) is 2. The minimum absolute atomic E-state index is 0.173. The Morgan fingerprint density at radius 3 is 2.07 bits per heavy atom. The summed E-state index contributed by atoms with van der Waals surface area (Å²) >= 11 is 0. The molecule has 0 bridgehead atoms. The van der Waals surface area contributed by atoms with E-state index >= 15 is 0 Å². The summed E-state index contributed by atoms with van der Waals surface area (Å²) in [6.07, 6.45) is -9.36. The van der Waals surface area contributed by atoms with Gasteiger partial charge in [-0.2, -0.15) is 30.7 Å². The number of rotatable bonds is 7. The Bertz CT molecular complexity index is 1590. The Balaban J connectivity index is 1.89. The van der Waals surface area contributed by atoms with E-state index in [0.29, 0.717) is 17.8 Å². The molecule has 2 N–H and O–H groups in total. The van der Waals surface area contributed by atoms with Crippen LogP contribution in [-0.2, 0) is 24.3 Å². The zero-order valence-electron chi connectivity index (χ0n) is 21.1. The van der Waals surface area contributed by atoms with E-state index < -0.39 is 51.5 Å². The minimum atomic E-state index is -4.81. The van der Waals surface area contributed by atoms with Gasteiger partial charge in [-0.3, -0.25) is 15.1 Å². The summed E-state index contributed by atoms with van der Waals surface area (Å²) in [6.45, 7) is 0. The molecule has 0 aliphatic carbocycles. The van der Waals surface area contributed by atoms with Crippen LogP contribution in [0.15, 0.2) is 91.1 Å². The molecule has 0 aliphatic rings. The number of carbonyl (C=O) groups excluding carboxylic acids is 1. The number of alkyl halides is 6. The minimum Gasteiger partial charge on any atom is -0.322 e. The molecular weight excluding hydrogens is 573 g/mol. The summed E-state index contributed by atoms with van der Waals surface area (Å²) in [5.41, 5.74) is -5.36. The van der Waals surface area contributed by atoms with E-state index in [0.717, 1.165) is 42.5 Å². The van der Waals surface area contributed by atoms with Gasteiger partial charge >= 0.3 is 24.1 Å². The second-order valence-corrected chi connectivity index (χ2v) is 9.08. The molecule has 1 aromatic heterocycles. The molecule has 0 spiro atoms. The number of halogens is 7. The fraction of sp³-hybridized carbons (Fsp3) is 0.143. The lowest BCUT2D eigenvalue weighted by molar-refractivity contribution is -0.387. The number of nitro benzene ring substituents is 1. The van der Waals surface area contributed by atoms with E-state index in [9.17, 15) is 45.6 Å². The Morgan fingerprint density at radius 2 is 1.48 bits per heavy atom. The van der Waals surface area contributed by atoms with Crippen molar-refractivity contribution in [2.24, 2.45) is 0 Å². The lowest BCUT2D eigenvalue weighted by Gasteiger charge is -2.36. The number of nitro groups is 1. The van der Waals surface area contributed by atoms with Gasteiger partial charge in [0.1, 0.15) is 5.54 Å². The maximum absolute atomic E-state index is 13.8. The monoisotopic (exact) mass is 592 g/mol. The predicted octanol–water partition coefficient (Wildman–Crippen LogP) is 7.47. The molecule has 42 heavy (non-hydrogen) atoms. The maximum Gasteiger partial charge on any atom is 0.417 e. The van der Waals surface area contributed by atoms with Gasteiger partial charge in [0.05, 0.1) is 21.7 Å². The fourth-order valence-electron chi connectivity index (χ4n) is 4.28. The molecular formula is C28H19F7N4O3. The molecule has 1 unspecified atom stereocenters. The molecule has 0 saturated carbocycles. The van der Waals surface area contributed by atoms with Crippen molar-refractivity contribution in [1.29, 1.82) is 0 Å². The van der Waals surface area contributed by atoms with Crippen LogP contribution in [0.3, 0.4) is 0 Å². The number of nitrogens with one attached hydrogen (secondary N) is 2. The summed E-state index contributed by atoms with van der Waals surface area (Å²) in [5, 5.41) is 15.9. The first kappa shape index (κ1) is 30.0. The van der Waals surface area contributed by atoms with Crippen LogP contribution in [0, 0.1) is 15.9 Å². The molecule has 0 aliphatic heterocycles. The van der Waals surface area contributed by atoms with Crippen LogP contribution < -0.4 is 10.6 Å². The van der Waals surface area contributed by atoms with Crippen molar-refractivity contribution >= 4 is 17.4 Å². The van der Waals surface area contributed by atoms with Crippen LogP contribution >= 0.6 is 0 Å². The van der Waals surface area contributed by atoms with E-state index in [1.54, 1.807) is 30.3 Å². The molecule has 2 amide bonds. The van der Waals surface area contributed by atoms with Crippen LogP contribution in [0.5, 0.6) is 0 Å². The number of aromatic nitrogens is 1. The zero-order chi connectivity index (χ0) is 30.7. The Hall–Kier alpha value is -5.01. The highest BCUT2D eigenvalue weighted by molar-refractivity contribution is 5.90. The zero-order valence-corrected chi connectivity index (χ0v) is 21.1. The second kappa shape index (κ2) is 11.5. The number of hydrogen-bond acceptors (Lipinski definition) is 4. The number of anilines is 1. The lowest BCUT2D eigenvalue weighted by atomic mass is 9.79. The molecule has 4 rings (SSSR count). The first-order chi connectivity index (χ1) is 19.7. The number of nitrogens with zero attached hydrogens (tertiary/aromatic N) is 2. The van der Waals surface area contributed by atoms with E-state index in [-0.39, 0.29) is 23.4 Å². The summed E-state index contributed by atoms with van der Waals surface area (Å²) in [4.78, 5) is 27.3. The maximum atomic E-state index is 13.8. The van der Waals surface area contributed by atoms with Crippen LogP contribution in [0.25, 0.3) is 0 Å². The van der Waals surface area contributed by atoms with Crippen molar-refractivity contribution < 1.29 is 40.5 Å². The van der Waals surface area contributed by atoms with E-state index in [1.165, 1.54) is 6.07 Å². The van der Waals surface area contributed by atoms with E-state index in [1.807, 2.05) is 0 Å². The summed E-state index contributed by atoms with van der Waals surface area (Å²) in [7, 11) is 0. The highest BCUT2D eigenvalue weighted by Gasteiger charge is 2.41. The van der Waals surface area contributed by atoms with Crippen molar-refractivity contribution in [3.8, 4) is 0 Å². The Morgan fingerprint density at radius 1 is 0.810 bits per heavy atom. The molecule has 14 heteroatoms. The largest absolute Gasteiger partial charge is 0.417 e. The summed E-state index contributed by atoms with van der Waals surface area (Å²) in [6, 6.07) is 14.9. The van der Waals surface area contributed by atoms with Crippen molar-refractivity contribution in [3.05, 3.63) is 135 Å². The van der Waals surface area contributed by atoms with Crippen molar-refractivity contribution in [2.45, 2.75) is 24.3 Å². The third-order valence-electron chi connectivity index (χ3n) is 6.25. The van der Waals surface area contributed by atoms with Crippen molar-refractivity contribution in [1.82, 2.24) is 10.3 Å². The average molecular weight is 592 g/mol. The third-order valence-corrected chi connectivity index (χ3v) is 6.25. The van der Waals surface area contributed by atoms with Gasteiger partial charge in [0.15, 0.2) is 0 Å². The van der Waals surface area contributed by atoms with Gasteiger partial charge < -0.3 is 10.6 Å². The molecule has 7 nitrogen and oxygen atoms in total. The number of urea groups is 1. The second-order valence-electron chi connectivity index (χ2n) is 9.08. The lowest BCUT2D eigenvalue weighted by Crippen LogP contribution is -2.50. The average Bonchev–Trinajstić information content (AvgIpc) is 2.93. The molecule has 0 saturated heterocycles. The molecule has 1 heterocycles. The van der Waals surface area contributed by atoms with Gasteiger partial charge in [-0.05, 0) is 47.5 Å². The smallest absolute Gasteiger partial charge is 0.322 e. The van der Waals surface area contributed by atoms with Gasteiger partial charge in [0.2, 0.25) is 5.82 Å². The molecule has 0 fully saturated rings.